The summed E-state index contributed by atoms with van der Waals surface area (Å²) in [5.41, 5.74) is 0.794. The van der Waals surface area contributed by atoms with Gasteiger partial charge >= 0.3 is 0 Å². The Balaban J connectivity index is 2.51. The summed E-state index contributed by atoms with van der Waals surface area (Å²) in [5, 5.41) is 9.22. The molecule has 2 heterocycles. The Bertz CT molecular complexity index is 249. The van der Waals surface area contributed by atoms with Gasteiger partial charge in [-0.2, -0.15) is 0 Å². The highest BCUT2D eigenvalue weighted by Crippen LogP contribution is 2.28. The average Bonchev–Trinajstić information content (AvgIpc) is 2.34. The van der Waals surface area contributed by atoms with E-state index in [1.54, 1.807) is 12.3 Å². The van der Waals surface area contributed by atoms with Gasteiger partial charge in [0.1, 0.15) is 12.7 Å². The summed E-state index contributed by atoms with van der Waals surface area (Å²) in [7, 11) is 0. The first-order chi connectivity index (χ1) is 4.88. The number of hydrogen-bond donors (Lipinski definition) is 1. The number of hydrogen-bond acceptors (Lipinski definition) is 3. The lowest BCUT2D eigenvalue weighted by Gasteiger charge is -1.95. The topological polar surface area (TPSA) is 42.4 Å². The third-order valence-electron chi connectivity index (χ3n) is 1.54. The number of rotatable bonds is 0. The van der Waals surface area contributed by atoms with E-state index >= 15 is 0 Å². The SMILES string of the molecule is OC1COc2ncccc21. The maximum absolute atomic E-state index is 9.22. The maximum Gasteiger partial charge on any atom is 0.219 e. The van der Waals surface area contributed by atoms with Gasteiger partial charge in [-0.3, -0.25) is 0 Å². The smallest absolute Gasteiger partial charge is 0.219 e. The molecule has 1 atom stereocenters. The van der Waals surface area contributed by atoms with E-state index in [1.807, 2.05) is 6.07 Å². The number of fused-ring (bicyclic) bond motifs is 1. The lowest BCUT2D eigenvalue weighted by atomic mass is 10.2. The van der Waals surface area contributed by atoms with Crippen molar-refractivity contribution in [3.05, 3.63) is 23.9 Å². The summed E-state index contributed by atoms with van der Waals surface area (Å²) < 4.78 is 5.05. The van der Waals surface area contributed by atoms with Gasteiger partial charge in [0.15, 0.2) is 0 Å². The van der Waals surface area contributed by atoms with E-state index in [9.17, 15) is 5.11 Å². The van der Waals surface area contributed by atoms with Crippen LogP contribution >= 0.6 is 0 Å². The van der Waals surface area contributed by atoms with E-state index in [0.717, 1.165) is 5.56 Å². The fourth-order valence-corrected chi connectivity index (χ4v) is 1.03. The second kappa shape index (κ2) is 1.95. The lowest BCUT2D eigenvalue weighted by molar-refractivity contribution is 0.139. The summed E-state index contributed by atoms with van der Waals surface area (Å²) in [4.78, 5) is 3.93. The van der Waals surface area contributed by atoms with Crippen molar-refractivity contribution in [1.29, 1.82) is 0 Å². The number of nitrogens with zero attached hydrogens (tertiary/aromatic N) is 1. The Labute approximate surface area is 58.3 Å². The Morgan fingerprint density at radius 1 is 1.70 bits per heavy atom. The van der Waals surface area contributed by atoms with Crippen LogP contribution in [0, 0.1) is 0 Å². The third-order valence-corrected chi connectivity index (χ3v) is 1.54. The van der Waals surface area contributed by atoms with E-state index in [-0.39, 0.29) is 0 Å². The molecule has 0 spiro atoms. The van der Waals surface area contributed by atoms with Crippen molar-refractivity contribution >= 4 is 0 Å². The average molecular weight is 137 g/mol. The molecule has 0 bridgehead atoms. The third kappa shape index (κ3) is 0.675. The van der Waals surface area contributed by atoms with Gasteiger partial charge in [-0.15, -0.1) is 0 Å². The highest BCUT2D eigenvalue weighted by Gasteiger charge is 2.21. The van der Waals surface area contributed by atoms with E-state index in [0.29, 0.717) is 12.5 Å². The Morgan fingerprint density at radius 2 is 2.60 bits per heavy atom. The second-order valence-electron chi connectivity index (χ2n) is 2.22. The molecular weight excluding hydrogens is 130 g/mol. The van der Waals surface area contributed by atoms with Crippen LogP contribution in [0.3, 0.4) is 0 Å². The molecule has 0 amide bonds. The van der Waals surface area contributed by atoms with E-state index in [2.05, 4.69) is 4.98 Å². The zero-order valence-corrected chi connectivity index (χ0v) is 5.32. The molecule has 10 heavy (non-hydrogen) atoms. The monoisotopic (exact) mass is 137 g/mol. The molecule has 0 saturated carbocycles. The van der Waals surface area contributed by atoms with Crippen LogP contribution in [0.5, 0.6) is 5.88 Å². The van der Waals surface area contributed by atoms with Crippen LogP contribution in [0.15, 0.2) is 18.3 Å². The van der Waals surface area contributed by atoms with Gasteiger partial charge in [0.25, 0.3) is 0 Å². The molecule has 1 aliphatic rings. The van der Waals surface area contributed by atoms with Crippen LogP contribution in [0.4, 0.5) is 0 Å². The van der Waals surface area contributed by atoms with Crippen molar-refractivity contribution in [3.8, 4) is 5.88 Å². The molecule has 1 unspecified atom stereocenters. The predicted molar refractivity (Wildman–Crippen MR) is 34.7 cm³/mol. The van der Waals surface area contributed by atoms with Crippen molar-refractivity contribution in [2.24, 2.45) is 0 Å². The molecule has 3 heteroatoms. The zero-order chi connectivity index (χ0) is 6.97. The van der Waals surface area contributed by atoms with Crippen molar-refractivity contribution in [3.63, 3.8) is 0 Å². The van der Waals surface area contributed by atoms with Crippen molar-refractivity contribution in [2.75, 3.05) is 6.61 Å². The summed E-state index contributed by atoms with van der Waals surface area (Å²) in [6.07, 6.45) is 1.17. The molecule has 0 fully saturated rings. The van der Waals surface area contributed by atoms with Gasteiger partial charge in [0, 0.05) is 11.8 Å². The highest BCUT2D eigenvalue weighted by atomic mass is 16.5. The molecule has 0 aromatic carbocycles. The Hall–Kier alpha value is -1.09. The van der Waals surface area contributed by atoms with Gasteiger partial charge in [-0.1, -0.05) is 0 Å². The minimum atomic E-state index is -0.483. The van der Waals surface area contributed by atoms with E-state index in [4.69, 9.17) is 4.74 Å². The molecule has 0 radical (unpaired) electrons. The number of ether oxygens (including phenoxy) is 1. The molecule has 1 aromatic heterocycles. The summed E-state index contributed by atoms with van der Waals surface area (Å²) in [6.45, 7) is 0.340. The first-order valence-corrected chi connectivity index (χ1v) is 3.14. The first-order valence-electron chi connectivity index (χ1n) is 3.14. The number of aliphatic hydroxyl groups excluding tert-OH is 1. The lowest BCUT2D eigenvalue weighted by Crippen LogP contribution is -1.97. The van der Waals surface area contributed by atoms with E-state index in [1.165, 1.54) is 0 Å². The molecule has 2 rings (SSSR count). The van der Waals surface area contributed by atoms with Crippen LogP contribution in [-0.2, 0) is 0 Å². The number of aromatic nitrogens is 1. The van der Waals surface area contributed by atoms with Gasteiger partial charge in [-0.05, 0) is 12.1 Å². The van der Waals surface area contributed by atoms with Crippen LogP contribution in [0.25, 0.3) is 0 Å². The first kappa shape index (κ1) is 5.68. The van der Waals surface area contributed by atoms with E-state index < -0.39 is 6.10 Å². The van der Waals surface area contributed by atoms with Crippen LogP contribution < -0.4 is 4.74 Å². The van der Waals surface area contributed by atoms with Crippen molar-refractivity contribution < 1.29 is 9.84 Å². The molecule has 1 aliphatic heterocycles. The van der Waals surface area contributed by atoms with Crippen LogP contribution in [0.1, 0.15) is 11.7 Å². The highest BCUT2D eigenvalue weighted by molar-refractivity contribution is 5.30. The zero-order valence-electron chi connectivity index (χ0n) is 5.32. The fourth-order valence-electron chi connectivity index (χ4n) is 1.03. The molecular formula is C7H7NO2. The minimum absolute atomic E-state index is 0.340. The predicted octanol–water partition coefficient (Wildman–Crippen LogP) is 0.507. The fraction of sp³-hybridized carbons (Fsp3) is 0.286. The van der Waals surface area contributed by atoms with Gasteiger partial charge in [0.2, 0.25) is 5.88 Å². The second-order valence-corrected chi connectivity index (χ2v) is 2.22. The normalized spacial score (nSPS) is 21.9. The summed E-state index contributed by atoms with van der Waals surface area (Å²) in [6, 6.07) is 3.61. The minimum Gasteiger partial charge on any atom is -0.474 e. The molecule has 52 valence electrons. The number of aliphatic hydroxyl groups is 1. The summed E-state index contributed by atoms with van der Waals surface area (Å²) in [5.74, 6) is 0.565. The molecule has 3 nitrogen and oxygen atoms in total. The Morgan fingerprint density at radius 3 is 3.40 bits per heavy atom. The van der Waals surface area contributed by atoms with Crippen LogP contribution in [0.2, 0.25) is 0 Å². The quantitative estimate of drug-likeness (QED) is 0.566. The Kier molecular flexibility index (Phi) is 1.11. The van der Waals surface area contributed by atoms with Crippen LogP contribution in [-0.4, -0.2) is 16.7 Å². The van der Waals surface area contributed by atoms with Crippen molar-refractivity contribution in [2.45, 2.75) is 6.10 Å². The maximum atomic E-state index is 9.22. The van der Waals surface area contributed by atoms with Gasteiger partial charge in [0.05, 0.1) is 0 Å². The molecule has 0 saturated heterocycles. The van der Waals surface area contributed by atoms with Crippen molar-refractivity contribution in [1.82, 2.24) is 4.98 Å². The van der Waals surface area contributed by atoms with Gasteiger partial charge < -0.3 is 9.84 Å². The largest absolute Gasteiger partial charge is 0.474 e. The molecule has 0 aliphatic carbocycles. The summed E-state index contributed by atoms with van der Waals surface area (Å²) >= 11 is 0. The standard InChI is InChI=1S/C7H7NO2/c9-6-4-10-7-5(6)2-1-3-8-7/h1-3,6,9H,4H2. The number of pyridine rings is 1. The van der Waals surface area contributed by atoms with Gasteiger partial charge in [-0.25, -0.2) is 4.98 Å². The molecule has 1 aromatic rings. The molecule has 1 N–H and O–H groups in total.